The highest BCUT2D eigenvalue weighted by molar-refractivity contribution is 6.42. The molecule has 4 nitrogen and oxygen atoms in total. The van der Waals surface area contributed by atoms with Crippen molar-refractivity contribution in [3.8, 4) is 0 Å². The van der Waals surface area contributed by atoms with Gasteiger partial charge in [-0.1, -0.05) is 29.3 Å². The highest BCUT2D eigenvalue weighted by Gasteiger charge is 2.21. The molecule has 1 atom stereocenters. The van der Waals surface area contributed by atoms with E-state index < -0.39 is 0 Å². The van der Waals surface area contributed by atoms with Gasteiger partial charge in [-0.15, -0.1) is 0 Å². The highest BCUT2D eigenvalue weighted by Crippen LogP contribution is 2.29. The number of hydrogen-bond acceptors (Lipinski definition) is 2. The molecule has 0 fully saturated rings. The zero-order valence-electron chi connectivity index (χ0n) is 9.27. The third-order valence-corrected chi connectivity index (χ3v) is 3.41. The summed E-state index contributed by atoms with van der Waals surface area (Å²) in [5, 5.41) is 11.6. The summed E-state index contributed by atoms with van der Waals surface area (Å²) in [7, 11) is 0. The Morgan fingerprint density at radius 2 is 2.06 bits per heavy atom. The van der Waals surface area contributed by atoms with E-state index in [9.17, 15) is 10.1 Å². The van der Waals surface area contributed by atoms with Gasteiger partial charge in [-0.2, -0.15) is 0 Å². The largest absolute Gasteiger partial charge is 0.364 e. The van der Waals surface area contributed by atoms with Crippen LogP contribution in [0.1, 0.15) is 17.2 Å². The molecule has 0 bridgehead atoms. The molecule has 6 heteroatoms. The van der Waals surface area contributed by atoms with Crippen LogP contribution in [-0.2, 0) is 0 Å². The first kappa shape index (κ1) is 12.9. The molecule has 0 saturated heterocycles. The quantitative estimate of drug-likeness (QED) is 0.687. The molecule has 0 spiro atoms. The van der Waals surface area contributed by atoms with Crippen LogP contribution in [0.3, 0.4) is 0 Å². The van der Waals surface area contributed by atoms with Gasteiger partial charge in [0.25, 0.3) is 0 Å². The predicted molar refractivity (Wildman–Crippen MR) is 71.0 cm³/mol. The van der Waals surface area contributed by atoms with Crippen molar-refractivity contribution in [3.63, 3.8) is 0 Å². The summed E-state index contributed by atoms with van der Waals surface area (Å²) in [5.74, 6) is -0.357. The lowest BCUT2D eigenvalue weighted by atomic mass is 9.96. The molecule has 18 heavy (non-hydrogen) atoms. The van der Waals surface area contributed by atoms with Gasteiger partial charge in [0.1, 0.15) is 0 Å². The predicted octanol–water partition coefficient (Wildman–Crippen LogP) is 3.73. The van der Waals surface area contributed by atoms with Gasteiger partial charge in [-0.05, 0) is 29.8 Å². The van der Waals surface area contributed by atoms with Gasteiger partial charge in [-0.3, -0.25) is 10.1 Å². The Bertz CT molecular complexity index is 555. The van der Waals surface area contributed by atoms with Crippen molar-refractivity contribution in [3.05, 3.63) is 67.9 Å². The summed E-state index contributed by atoms with van der Waals surface area (Å²) in [6, 6.07) is 8.69. The lowest BCUT2D eigenvalue weighted by molar-refractivity contribution is -0.481. The molecule has 1 aromatic heterocycles. The summed E-state index contributed by atoms with van der Waals surface area (Å²) in [4.78, 5) is 13.4. The van der Waals surface area contributed by atoms with Crippen molar-refractivity contribution in [1.82, 2.24) is 4.98 Å². The maximum atomic E-state index is 10.8. The van der Waals surface area contributed by atoms with Crippen molar-refractivity contribution < 1.29 is 4.92 Å². The van der Waals surface area contributed by atoms with E-state index in [4.69, 9.17) is 23.2 Å². The number of rotatable bonds is 4. The number of nitro groups is 1. The molecular weight excluding hydrogens is 275 g/mol. The van der Waals surface area contributed by atoms with Gasteiger partial charge < -0.3 is 4.98 Å². The van der Waals surface area contributed by atoms with Gasteiger partial charge in [0.2, 0.25) is 6.54 Å². The van der Waals surface area contributed by atoms with E-state index in [1.54, 1.807) is 30.5 Å². The van der Waals surface area contributed by atoms with E-state index in [0.717, 1.165) is 11.3 Å². The standard InChI is InChI=1S/C12H10Cl2N2O2/c13-10-4-3-8(6-11(10)14)9(7-16(17)18)12-2-1-5-15-12/h1-6,9,15H,7H2/t9-/m0/s1. The molecule has 1 aromatic carbocycles. The molecule has 0 aliphatic carbocycles. The Balaban J connectivity index is 2.39. The number of aromatic nitrogens is 1. The molecular formula is C12H10Cl2N2O2. The van der Waals surface area contributed by atoms with Crippen LogP contribution in [0.25, 0.3) is 0 Å². The summed E-state index contributed by atoms with van der Waals surface area (Å²) < 4.78 is 0. The summed E-state index contributed by atoms with van der Waals surface area (Å²) in [5.41, 5.74) is 1.55. The minimum atomic E-state index is -0.357. The Kier molecular flexibility index (Phi) is 3.89. The summed E-state index contributed by atoms with van der Waals surface area (Å²) >= 11 is 11.8. The second-order valence-corrected chi connectivity index (χ2v) is 4.68. The second kappa shape index (κ2) is 5.42. The molecule has 2 aromatic rings. The molecule has 1 heterocycles. The van der Waals surface area contributed by atoms with Gasteiger partial charge in [0, 0.05) is 16.8 Å². The third-order valence-electron chi connectivity index (χ3n) is 2.68. The van der Waals surface area contributed by atoms with Crippen molar-refractivity contribution in [2.75, 3.05) is 6.54 Å². The average molecular weight is 285 g/mol. The SMILES string of the molecule is O=[N+]([O-])C[C@@H](c1ccc(Cl)c(Cl)c1)c1ccc[nH]1. The normalized spacial score (nSPS) is 12.3. The van der Waals surface area contributed by atoms with Crippen LogP contribution in [0.15, 0.2) is 36.5 Å². The van der Waals surface area contributed by atoms with E-state index in [1.807, 2.05) is 6.07 Å². The molecule has 94 valence electrons. The Hall–Kier alpha value is -1.52. The maximum absolute atomic E-state index is 10.8. The topological polar surface area (TPSA) is 58.9 Å². The number of halogens is 2. The molecule has 0 radical (unpaired) electrons. The van der Waals surface area contributed by atoms with Crippen molar-refractivity contribution in [1.29, 1.82) is 0 Å². The Labute approximate surface area is 114 Å². The monoisotopic (exact) mass is 284 g/mol. The maximum Gasteiger partial charge on any atom is 0.216 e. The highest BCUT2D eigenvalue weighted by atomic mass is 35.5. The van der Waals surface area contributed by atoms with Crippen LogP contribution >= 0.6 is 23.2 Å². The molecule has 2 rings (SSSR count). The number of H-pyrrole nitrogens is 1. The Morgan fingerprint density at radius 1 is 1.28 bits per heavy atom. The fourth-order valence-corrected chi connectivity index (χ4v) is 2.13. The number of benzene rings is 1. The van der Waals surface area contributed by atoms with Crippen LogP contribution in [-0.4, -0.2) is 16.5 Å². The number of nitrogens with zero attached hydrogens (tertiary/aromatic N) is 1. The molecule has 0 aliphatic heterocycles. The van der Waals surface area contributed by atoms with E-state index in [2.05, 4.69) is 4.98 Å². The van der Waals surface area contributed by atoms with Crippen LogP contribution in [0.2, 0.25) is 10.0 Å². The summed E-state index contributed by atoms with van der Waals surface area (Å²) in [6.07, 6.45) is 1.74. The van der Waals surface area contributed by atoms with Crippen LogP contribution in [0, 0.1) is 10.1 Å². The van der Waals surface area contributed by atoms with Gasteiger partial charge in [0.05, 0.1) is 16.0 Å². The van der Waals surface area contributed by atoms with Gasteiger partial charge in [-0.25, -0.2) is 0 Å². The molecule has 0 amide bonds. The first-order valence-electron chi connectivity index (χ1n) is 5.28. The number of hydrogen-bond donors (Lipinski definition) is 1. The minimum Gasteiger partial charge on any atom is -0.364 e. The number of nitrogens with one attached hydrogen (secondary N) is 1. The summed E-state index contributed by atoms with van der Waals surface area (Å²) in [6.45, 7) is -0.196. The van der Waals surface area contributed by atoms with Crippen LogP contribution in [0.4, 0.5) is 0 Å². The fraction of sp³-hybridized carbons (Fsp3) is 0.167. The smallest absolute Gasteiger partial charge is 0.216 e. The molecule has 1 N–H and O–H groups in total. The van der Waals surface area contributed by atoms with E-state index in [0.29, 0.717) is 10.0 Å². The van der Waals surface area contributed by atoms with Crippen molar-refractivity contribution in [2.24, 2.45) is 0 Å². The minimum absolute atomic E-state index is 0.196. The molecule has 0 saturated carbocycles. The van der Waals surface area contributed by atoms with Gasteiger partial charge >= 0.3 is 0 Å². The number of aromatic amines is 1. The van der Waals surface area contributed by atoms with E-state index in [1.165, 1.54) is 0 Å². The van der Waals surface area contributed by atoms with Crippen LogP contribution < -0.4 is 0 Å². The fourth-order valence-electron chi connectivity index (χ4n) is 1.82. The first-order chi connectivity index (χ1) is 8.58. The lowest BCUT2D eigenvalue weighted by Crippen LogP contribution is -2.14. The average Bonchev–Trinajstić information content (AvgIpc) is 2.83. The van der Waals surface area contributed by atoms with Crippen LogP contribution in [0.5, 0.6) is 0 Å². The van der Waals surface area contributed by atoms with Crippen molar-refractivity contribution >= 4 is 23.2 Å². The van der Waals surface area contributed by atoms with Crippen molar-refractivity contribution in [2.45, 2.75) is 5.92 Å². The van der Waals surface area contributed by atoms with E-state index >= 15 is 0 Å². The first-order valence-corrected chi connectivity index (χ1v) is 6.03. The molecule has 0 unspecified atom stereocenters. The Morgan fingerprint density at radius 3 is 2.61 bits per heavy atom. The lowest BCUT2D eigenvalue weighted by Gasteiger charge is -2.12. The van der Waals surface area contributed by atoms with E-state index in [-0.39, 0.29) is 17.4 Å². The third kappa shape index (κ3) is 2.83. The second-order valence-electron chi connectivity index (χ2n) is 3.87. The zero-order valence-corrected chi connectivity index (χ0v) is 10.8. The molecule has 0 aliphatic rings. The zero-order chi connectivity index (χ0) is 13.1. The van der Waals surface area contributed by atoms with Gasteiger partial charge in [0.15, 0.2) is 0 Å².